The summed E-state index contributed by atoms with van der Waals surface area (Å²) in [4.78, 5) is 0. The second-order valence-corrected chi connectivity index (χ2v) is 6.43. The fraction of sp³-hybridized carbons (Fsp3) is 0.500. The van der Waals surface area contributed by atoms with E-state index in [4.69, 9.17) is 0 Å². The fourth-order valence-corrected chi connectivity index (χ4v) is 2.94. The van der Waals surface area contributed by atoms with E-state index in [0.717, 1.165) is 13.1 Å². The molecular weight excluding hydrogens is 300 g/mol. The maximum atomic E-state index is 9.41. The summed E-state index contributed by atoms with van der Waals surface area (Å²) in [6.45, 7) is 1.96. The Hall–Kier alpha value is -2.10. The van der Waals surface area contributed by atoms with Crippen LogP contribution >= 0.6 is 0 Å². The maximum absolute atomic E-state index is 9.41. The molecule has 2 aromatic rings. The first kappa shape index (κ1) is 18.2. The Bertz CT molecular complexity index is 548. The molecule has 0 saturated carbocycles. The molecule has 0 amide bonds. The smallest absolute Gasteiger partial charge is 0.210 e. The number of rotatable bonds is 11. The number of aryl methyl sites for hydroxylation is 2. The van der Waals surface area contributed by atoms with Crippen LogP contribution in [0.3, 0.4) is 0 Å². The van der Waals surface area contributed by atoms with E-state index in [-0.39, 0.29) is 0 Å². The predicted molar refractivity (Wildman–Crippen MR) is 93.5 cm³/mol. The summed E-state index contributed by atoms with van der Waals surface area (Å²) in [5.41, 5.74) is 0. The highest BCUT2D eigenvalue weighted by Gasteiger charge is 2.02. The van der Waals surface area contributed by atoms with Gasteiger partial charge in [0.2, 0.25) is 12.4 Å². The molecule has 0 aliphatic carbocycles. The van der Waals surface area contributed by atoms with Gasteiger partial charge in [-0.3, -0.25) is 0 Å². The van der Waals surface area contributed by atoms with Crippen molar-refractivity contribution < 1.29 is 19.3 Å². The molecule has 0 unspecified atom stereocenters. The summed E-state index contributed by atoms with van der Waals surface area (Å²) >= 11 is 0. The number of hydrogen-bond acceptors (Lipinski definition) is 2. The third-order valence-corrected chi connectivity index (χ3v) is 4.27. The number of hydrogen-bond donors (Lipinski definition) is 2. The van der Waals surface area contributed by atoms with Crippen molar-refractivity contribution in [1.29, 1.82) is 0 Å². The zero-order chi connectivity index (χ0) is 17.0. The van der Waals surface area contributed by atoms with Crippen LogP contribution in [0.5, 0.6) is 11.5 Å². The van der Waals surface area contributed by atoms with E-state index in [0.29, 0.717) is 11.5 Å². The molecule has 0 aliphatic rings. The maximum Gasteiger partial charge on any atom is 0.210 e. The summed E-state index contributed by atoms with van der Waals surface area (Å²) < 4.78 is 4.10. The van der Waals surface area contributed by atoms with Crippen molar-refractivity contribution in [2.75, 3.05) is 0 Å². The van der Waals surface area contributed by atoms with Crippen LogP contribution < -0.4 is 9.13 Å². The van der Waals surface area contributed by atoms with Crippen molar-refractivity contribution in [3.05, 3.63) is 49.1 Å². The number of aromatic nitrogens is 2. The van der Waals surface area contributed by atoms with Crippen LogP contribution in [0.4, 0.5) is 0 Å². The Balaban J connectivity index is 1.42. The summed E-state index contributed by atoms with van der Waals surface area (Å²) in [6, 6.07) is 7.17. The largest absolute Gasteiger partial charge is 0.503 e. The lowest BCUT2D eigenvalue weighted by Crippen LogP contribution is -2.32. The van der Waals surface area contributed by atoms with Crippen molar-refractivity contribution >= 4 is 0 Å². The molecule has 2 rings (SSSR count). The van der Waals surface area contributed by atoms with Gasteiger partial charge >= 0.3 is 0 Å². The molecule has 0 aliphatic heterocycles. The molecule has 0 saturated heterocycles. The van der Waals surface area contributed by atoms with Gasteiger partial charge in [0, 0.05) is 25.0 Å². The van der Waals surface area contributed by atoms with Crippen molar-refractivity contribution in [2.24, 2.45) is 0 Å². The van der Waals surface area contributed by atoms with Gasteiger partial charge in [-0.05, 0) is 25.0 Å². The second-order valence-electron chi connectivity index (χ2n) is 6.43. The zero-order valence-corrected chi connectivity index (χ0v) is 14.5. The van der Waals surface area contributed by atoms with Crippen LogP contribution in [0, 0.1) is 0 Å². The minimum absolute atomic E-state index is 0.335. The van der Waals surface area contributed by atoms with Crippen LogP contribution in [0.25, 0.3) is 0 Å². The Morgan fingerprint density at radius 1 is 0.583 bits per heavy atom. The predicted octanol–water partition coefficient (Wildman–Crippen LogP) is 3.49. The first-order valence-electron chi connectivity index (χ1n) is 9.10. The highest BCUT2D eigenvalue weighted by Crippen LogP contribution is 2.09. The normalized spacial score (nSPS) is 10.8. The van der Waals surface area contributed by atoms with E-state index >= 15 is 0 Å². The fourth-order valence-electron chi connectivity index (χ4n) is 2.94. The highest BCUT2D eigenvalue weighted by molar-refractivity contribution is 5.09. The summed E-state index contributed by atoms with van der Waals surface area (Å²) in [6.07, 6.45) is 17.6. The van der Waals surface area contributed by atoms with Gasteiger partial charge in [0.1, 0.15) is 13.1 Å². The third kappa shape index (κ3) is 7.44. The average molecular weight is 330 g/mol. The molecule has 0 radical (unpaired) electrons. The molecule has 2 heterocycles. The van der Waals surface area contributed by atoms with Crippen LogP contribution in [-0.4, -0.2) is 10.2 Å². The standard InChI is InChI=1S/C20H28N2O2/c23-19-11-9-15-21(17-19)13-7-5-3-1-2-4-6-8-14-22-16-10-12-20(24)18-22/h9-12,15-18H,1-8,13-14H2/p+2. The van der Waals surface area contributed by atoms with Crippen molar-refractivity contribution in [3.63, 3.8) is 0 Å². The van der Waals surface area contributed by atoms with Crippen molar-refractivity contribution in [2.45, 2.75) is 64.5 Å². The molecule has 0 bridgehead atoms. The lowest BCUT2D eigenvalue weighted by atomic mass is 10.1. The average Bonchev–Trinajstić information content (AvgIpc) is 2.57. The molecule has 2 aromatic heterocycles. The number of aromatic hydroxyl groups is 2. The lowest BCUT2D eigenvalue weighted by Gasteiger charge is -2.01. The topological polar surface area (TPSA) is 48.2 Å². The van der Waals surface area contributed by atoms with E-state index in [2.05, 4.69) is 0 Å². The van der Waals surface area contributed by atoms with Crippen molar-refractivity contribution in [3.8, 4) is 11.5 Å². The first-order chi connectivity index (χ1) is 11.7. The number of unbranched alkanes of at least 4 members (excludes halogenated alkanes) is 7. The molecule has 4 heteroatoms. The van der Waals surface area contributed by atoms with Gasteiger partial charge in [0.15, 0.2) is 23.9 Å². The molecular formula is C20H30N2O2+2. The molecule has 2 N–H and O–H groups in total. The van der Waals surface area contributed by atoms with Crippen molar-refractivity contribution in [1.82, 2.24) is 0 Å². The Kier molecular flexibility index (Phi) is 8.08. The third-order valence-electron chi connectivity index (χ3n) is 4.27. The molecule has 4 nitrogen and oxygen atoms in total. The molecule has 130 valence electrons. The van der Waals surface area contributed by atoms with E-state index in [1.807, 2.05) is 33.7 Å². The van der Waals surface area contributed by atoms with Gasteiger partial charge in [-0.2, -0.15) is 0 Å². The Morgan fingerprint density at radius 3 is 1.33 bits per heavy atom. The van der Waals surface area contributed by atoms with Gasteiger partial charge in [0.25, 0.3) is 0 Å². The van der Waals surface area contributed by atoms with Crippen LogP contribution in [0.2, 0.25) is 0 Å². The SMILES string of the molecule is Oc1ccc[n+](CCCCCCCCCC[n+]2cccc(O)c2)c1. The Labute approximate surface area is 145 Å². The van der Waals surface area contributed by atoms with E-state index in [1.165, 1.54) is 51.4 Å². The summed E-state index contributed by atoms with van der Waals surface area (Å²) in [5.74, 6) is 0.669. The summed E-state index contributed by atoms with van der Waals surface area (Å²) in [7, 11) is 0. The van der Waals surface area contributed by atoms with Gasteiger partial charge < -0.3 is 10.2 Å². The number of nitrogens with zero attached hydrogens (tertiary/aromatic N) is 2. The van der Waals surface area contributed by atoms with E-state index in [1.54, 1.807) is 24.5 Å². The van der Waals surface area contributed by atoms with E-state index < -0.39 is 0 Å². The minimum atomic E-state index is 0.335. The quantitative estimate of drug-likeness (QED) is 0.489. The number of pyridine rings is 2. The van der Waals surface area contributed by atoms with Gasteiger partial charge in [-0.1, -0.05) is 25.7 Å². The van der Waals surface area contributed by atoms with Gasteiger partial charge in [-0.25, -0.2) is 9.13 Å². The minimum Gasteiger partial charge on any atom is -0.503 e. The first-order valence-corrected chi connectivity index (χ1v) is 9.10. The van der Waals surface area contributed by atoms with Gasteiger partial charge in [0.05, 0.1) is 0 Å². The van der Waals surface area contributed by atoms with Crippen LogP contribution in [-0.2, 0) is 13.1 Å². The molecule has 0 aromatic carbocycles. The van der Waals surface area contributed by atoms with Gasteiger partial charge in [-0.15, -0.1) is 0 Å². The highest BCUT2D eigenvalue weighted by atomic mass is 16.3. The lowest BCUT2D eigenvalue weighted by molar-refractivity contribution is -0.697. The van der Waals surface area contributed by atoms with E-state index in [9.17, 15) is 10.2 Å². The molecule has 24 heavy (non-hydrogen) atoms. The zero-order valence-electron chi connectivity index (χ0n) is 14.5. The van der Waals surface area contributed by atoms with Crippen LogP contribution in [0.15, 0.2) is 49.1 Å². The Morgan fingerprint density at radius 2 is 0.958 bits per heavy atom. The van der Waals surface area contributed by atoms with Crippen LogP contribution in [0.1, 0.15) is 51.4 Å². The second kappa shape index (κ2) is 10.6. The molecule has 0 fully saturated rings. The molecule has 0 spiro atoms. The summed E-state index contributed by atoms with van der Waals surface area (Å²) in [5, 5.41) is 18.8. The monoisotopic (exact) mass is 330 g/mol. The molecule has 0 atom stereocenters.